The molecule has 0 bridgehead atoms. The largest absolute Gasteiger partial charge is 0.377 e. The Labute approximate surface area is 161 Å². The third-order valence-corrected chi connectivity index (χ3v) is 5.24. The van der Waals surface area contributed by atoms with E-state index in [-0.39, 0.29) is 30.2 Å². The van der Waals surface area contributed by atoms with Gasteiger partial charge in [-0.1, -0.05) is 12.1 Å². The lowest BCUT2D eigenvalue weighted by Gasteiger charge is -2.35. The number of anilines is 1. The lowest BCUT2D eigenvalue weighted by atomic mass is 10.1. The average Bonchev–Trinajstić information content (AvgIpc) is 3.17. The topological polar surface area (TPSA) is 70.7 Å². The number of morpholine rings is 1. The van der Waals surface area contributed by atoms with Gasteiger partial charge in [0, 0.05) is 23.5 Å². The minimum atomic E-state index is -0.372. The van der Waals surface area contributed by atoms with Crippen LogP contribution in [0, 0.1) is 12.7 Å². The van der Waals surface area contributed by atoms with Gasteiger partial charge in [-0.05, 0) is 36.1 Å². The number of urea groups is 1. The Morgan fingerprint density at radius 3 is 2.96 bits per heavy atom. The molecule has 144 valence electrons. The number of hydrogen-bond acceptors (Lipinski definition) is 4. The van der Waals surface area contributed by atoms with Crippen LogP contribution in [0.2, 0.25) is 0 Å². The molecule has 27 heavy (non-hydrogen) atoms. The fourth-order valence-corrected chi connectivity index (χ4v) is 3.51. The zero-order valence-electron chi connectivity index (χ0n) is 15.0. The van der Waals surface area contributed by atoms with Crippen LogP contribution in [0.1, 0.15) is 16.9 Å². The number of nitrogens with one attached hydrogen (secondary N) is 2. The Bertz CT molecular complexity index is 798. The van der Waals surface area contributed by atoms with Gasteiger partial charge in [0.05, 0.1) is 25.8 Å². The van der Waals surface area contributed by atoms with Gasteiger partial charge in [-0.25, -0.2) is 9.18 Å². The number of ether oxygens (including phenoxy) is 1. The van der Waals surface area contributed by atoms with Gasteiger partial charge in [0.2, 0.25) is 5.91 Å². The summed E-state index contributed by atoms with van der Waals surface area (Å²) in [5.41, 5.74) is 0.913. The van der Waals surface area contributed by atoms with E-state index in [1.165, 1.54) is 6.07 Å². The van der Waals surface area contributed by atoms with Gasteiger partial charge >= 0.3 is 6.03 Å². The van der Waals surface area contributed by atoms with Crippen LogP contribution in [0.4, 0.5) is 14.9 Å². The van der Waals surface area contributed by atoms with Crippen LogP contribution < -0.4 is 10.6 Å². The Morgan fingerprint density at radius 1 is 1.37 bits per heavy atom. The smallest absolute Gasteiger partial charge is 0.318 e. The third-order valence-electron chi connectivity index (χ3n) is 4.36. The van der Waals surface area contributed by atoms with Crippen molar-refractivity contribution in [2.45, 2.75) is 25.9 Å². The maximum absolute atomic E-state index is 13.6. The van der Waals surface area contributed by atoms with E-state index in [1.54, 1.807) is 35.3 Å². The minimum Gasteiger partial charge on any atom is -0.377 e. The van der Waals surface area contributed by atoms with Gasteiger partial charge in [-0.3, -0.25) is 4.79 Å². The lowest BCUT2D eigenvalue weighted by molar-refractivity contribution is -0.118. The van der Waals surface area contributed by atoms with Crippen LogP contribution in [0.15, 0.2) is 35.7 Å². The first-order chi connectivity index (χ1) is 13.0. The first kappa shape index (κ1) is 19.3. The van der Waals surface area contributed by atoms with E-state index in [4.69, 9.17) is 4.74 Å². The van der Waals surface area contributed by atoms with Crippen molar-refractivity contribution in [1.82, 2.24) is 10.2 Å². The highest BCUT2D eigenvalue weighted by Crippen LogP contribution is 2.16. The molecular formula is C19H22FN3O3S. The van der Waals surface area contributed by atoms with Crippen molar-refractivity contribution >= 4 is 29.0 Å². The van der Waals surface area contributed by atoms with E-state index in [9.17, 15) is 14.0 Å². The van der Waals surface area contributed by atoms with Crippen molar-refractivity contribution in [2.24, 2.45) is 0 Å². The second kappa shape index (κ2) is 8.96. The Kier molecular flexibility index (Phi) is 6.41. The van der Waals surface area contributed by atoms with Crippen LogP contribution >= 0.6 is 11.3 Å². The maximum Gasteiger partial charge on any atom is 0.318 e. The summed E-state index contributed by atoms with van der Waals surface area (Å²) in [6.45, 7) is 3.27. The summed E-state index contributed by atoms with van der Waals surface area (Å²) >= 11 is 1.57. The highest BCUT2D eigenvalue weighted by molar-refractivity contribution is 7.09. The van der Waals surface area contributed by atoms with Crippen molar-refractivity contribution in [3.05, 3.63) is 52.0 Å². The van der Waals surface area contributed by atoms with E-state index >= 15 is 0 Å². The Balaban J connectivity index is 1.56. The van der Waals surface area contributed by atoms with E-state index in [1.807, 2.05) is 17.5 Å². The number of halogens is 1. The molecule has 0 unspecified atom stereocenters. The molecule has 3 rings (SSSR count). The molecule has 0 aliphatic carbocycles. The highest BCUT2D eigenvalue weighted by Gasteiger charge is 2.29. The quantitative estimate of drug-likeness (QED) is 0.823. The second-order valence-electron chi connectivity index (χ2n) is 6.38. The van der Waals surface area contributed by atoms with Gasteiger partial charge < -0.3 is 20.3 Å². The standard InChI is InChI=1S/C19H22FN3O3S/c1-13-4-5-14(9-17(13)20)22-18(24)10-15-12-26-7-6-23(15)19(25)21-11-16-3-2-8-27-16/h2-5,8-9,15H,6-7,10-12H2,1H3,(H,21,25)(H,22,24)/t15-/m0/s1. The zero-order chi connectivity index (χ0) is 19.2. The number of carbonyl (C=O) groups excluding carboxylic acids is 2. The minimum absolute atomic E-state index is 0.0852. The molecule has 2 heterocycles. The van der Waals surface area contributed by atoms with Crippen LogP contribution in [-0.2, 0) is 16.1 Å². The van der Waals surface area contributed by atoms with Crippen molar-refractivity contribution in [3.63, 3.8) is 0 Å². The van der Waals surface area contributed by atoms with E-state index < -0.39 is 0 Å². The molecule has 3 amide bonds. The molecule has 1 aliphatic rings. The summed E-state index contributed by atoms with van der Waals surface area (Å²) < 4.78 is 19.1. The lowest BCUT2D eigenvalue weighted by Crippen LogP contribution is -2.53. The number of aryl methyl sites for hydroxylation is 1. The van der Waals surface area contributed by atoms with Crippen LogP contribution in [0.5, 0.6) is 0 Å². The molecule has 6 nitrogen and oxygen atoms in total. The van der Waals surface area contributed by atoms with Gasteiger partial charge in [-0.15, -0.1) is 11.3 Å². The molecule has 0 spiro atoms. The fraction of sp³-hybridized carbons (Fsp3) is 0.368. The molecule has 2 aromatic rings. The van der Waals surface area contributed by atoms with E-state index in [0.29, 0.717) is 37.6 Å². The van der Waals surface area contributed by atoms with Gasteiger partial charge in [0.25, 0.3) is 0 Å². The number of nitrogens with zero attached hydrogens (tertiary/aromatic N) is 1. The van der Waals surface area contributed by atoms with Crippen molar-refractivity contribution < 1.29 is 18.7 Å². The summed E-state index contributed by atoms with van der Waals surface area (Å²) in [6, 6.07) is 7.86. The molecule has 8 heteroatoms. The van der Waals surface area contributed by atoms with Crippen LogP contribution in [0.25, 0.3) is 0 Å². The molecule has 0 saturated carbocycles. The number of thiophene rings is 1. The summed E-state index contributed by atoms with van der Waals surface area (Å²) in [7, 11) is 0. The maximum atomic E-state index is 13.6. The van der Waals surface area contributed by atoms with Crippen molar-refractivity contribution in [1.29, 1.82) is 0 Å². The number of rotatable bonds is 5. The molecule has 1 atom stereocenters. The molecule has 1 saturated heterocycles. The molecule has 0 radical (unpaired) electrons. The van der Waals surface area contributed by atoms with Crippen LogP contribution in [0.3, 0.4) is 0 Å². The number of benzene rings is 1. The van der Waals surface area contributed by atoms with E-state index in [0.717, 1.165) is 4.88 Å². The monoisotopic (exact) mass is 391 g/mol. The molecule has 1 aliphatic heterocycles. The van der Waals surface area contributed by atoms with E-state index in [2.05, 4.69) is 10.6 Å². The zero-order valence-corrected chi connectivity index (χ0v) is 15.9. The Morgan fingerprint density at radius 2 is 2.22 bits per heavy atom. The molecule has 1 aromatic heterocycles. The third kappa shape index (κ3) is 5.27. The number of hydrogen-bond donors (Lipinski definition) is 2. The van der Waals surface area contributed by atoms with Crippen molar-refractivity contribution in [2.75, 3.05) is 25.1 Å². The Hall–Kier alpha value is -2.45. The second-order valence-corrected chi connectivity index (χ2v) is 7.41. The van der Waals surface area contributed by atoms with Gasteiger partial charge in [0.15, 0.2) is 0 Å². The summed E-state index contributed by atoms with van der Waals surface area (Å²) in [5, 5.41) is 7.52. The molecular weight excluding hydrogens is 369 g/mol. The number of amides is 3. The summed E-state index contributed by atoms with van der Waals surface area (Å²) in [6.07, 6.45) is 0.0852. The summed E-state index contributed by atoms with van der Waals surface area (Å²) in [4.78, 5) is 27.5. The number of carbonyl (C=O) groups is 2. The summed E-state index contributed by atoms with van der Waals surface area (Å²) in [5.74, 6) is -0.659. The predicted octanol–water partition coefficient (Wildman–Crippen LogP) is 3.13. The predicted molar refractivity (Wildman–Crippen MR) is 102 cm³/mol. The fourth-order valence-electron chi connectivity index (χ4n) is 2.87. The first-order valence-electron chi connectivity index (χ1n) is 8.73. The van der Waals surface area contributed by atoms with Gasteiger partial charge in [-0.2, -0.15) is 0 Å². The SMILES string of the molecule is Cc1ccc(NC(=O)C[C@H]2COCCN2C(=O)NCc2cccs2)cc1F. The first-order valence-corrected chi connectivity index (χ1v) is 9.61. The van der Waals surface area contributed by atoms with Gasteiger partial charge in [0.1, 0.15) is 5.82 Å². The highest BCUT2D eigenvalue weighted by atomic mass is 32.1. The molecule has 1 aromatic carbocycles. The average molecular weight is 391 g/mol. The van der Waals surface area contributed by atoms with Crippen LogP contribution in [-0.4, -0.2) is 42.6 Å². The normalized spacial score (nSPS) is 16.8. The molecule has 1 fully saturated rings. The molecule has 2 N–H and O–H groups in total. The van der Waals surface area contributed by atoms with Crippen molar-refractivity contribution in [3.8, 4) is 0 Å².